The number of hydrogen-bond acceptors (Lipinski definition) is 5. The number of rotatable bonds is 8. The van der Waals surface area contributed by atoms with Gasteiger partial charge in [0.05, 0.1) is 13.2 Å². The lowest BCUT2D eigenvalue weighted by Crippen LogP contribution is -2.35. The summed E-state index contributed by atoms with van der Waals surface area (Å²) in [5.74, 6) is -0.675. The molecule has 0 bridgehead atoms. The van der Waals surface area contributed by atoms with E-state index in [9.17, 15) is 14.4 Å². The minimum Gasteiger partial charge on any atom is -0.395 e. The van der Waals surface area contributed by atoms with Crippen molar-refractivity contribution in [2.45, 2.75) is 13.5 Å². The molecular weight excluding hydrogens is 350 g/mol. The third-order valence-electron chi connectivity index (χ3n) is 3.89. The van der Waals surface area contributed by atoms with Crippen molar-refractivity contribution < 1.29 is 19.8 Å². The quantitative estimate of drug-likeness (QED) is 0.613. The molecule has 0 radical (unpaired) electrons. The molecule has 2 rings (SSSR count). The zero-order chi connectivity index (χ0) is 19.8. The molecule has 0 saturated carbocycles. The second-order valence-electron chi connectivity index (χ2n) is 6.04. The Bertz CT molecular complexity index is 839. The molecule has 0 aliphatic heterocycles. The topological polar surface area (TPSA) is 112 Å². The van der Waals surface area contributed by atoms with Gasteiger partial charge >= 0.3 is 0 Å². The molecule has 0 aliphatic rings. The average molecular weight is 373 g/mol. The molecule has 1 heterocycles. The molecule has 0 spiro atoms. The number of aromatic nitrogens is 1. The Labute approximate surface area is 156 Å². The van der Waals surface area contributed by atoms with Crippen molar-refractivity contribution in [3.8, 4) is 0 Å². The van der Waals surface area contributed by atoms with Gasteiger partial charge in [-0.3, -0.25) is 14.4 Å². The number of aliphatic hydroxyl groups is 2. The fraction of sp³-hybridized carbons (Fsp3) is 0.316. The van der Waals surface area contributed by atoms with Gasteiger partial charge in [-0.15, -0.1) is 0 Å². The van der Waals surface area contributed by atoms with Crippen LogP contribution in [0.5, 0.6) is 0 Å². The second kappa shape index (κ2) is 9.65. The summed E-state index contributed by atoms with van der Waals surface area (Å²) in [7, 11) is 0. The van der Waals surface area contributed by atoms with Crippen LogP contribution in [0.15, 0.2) is 47.4 Å². The van der Waals surface area contributed by atoms with Gasteiger partial charge in [0.2, 0.25) is 5.91 Å². The number of anilines is 1. The molecule has 2 amide bonds. The monoisotopic (exact) mass is 373 g/mol. The molecule has 2 aromatic rings. The van der Waals surface area contributed by atoms with E-state index in [-0.39, 0.29) is 50.2 Å². The van der Waals surface area contributed by atoms with E-state index in [0.29, 0.717) is 11.3 Å². The molecule has 1 aromatic heterocycles. The maximum absolute atomic E-state index is 12.3. The normalized spacial score (nSPS) is 10.5. The highest BCUT2D eigenvalue weighted by atomic mass is 16.3. The molecule has 0 saturated heterocycles. The first-order chi connectivity index (χ1) is 12.9. The van der Waals surface area contributed by atoms with Crippen LogP contribution in [0.3, 0.4) is 0 Å². The molecule has 3 N–H and O–H groups in total. The predicted molar refractivity (Wildman–Crippen MR) is 101 cm³/mol. The van der Waals surface area contributed by atoms with E-state index in [1.807, 2.05) is 6.92 Å². The van der Waals surface area contributed by atoms with E-state index in [4.69, 9.17) is 10.2 Å². The summed E-state index contributed by atoms with van der Waals surface area (Å²) in [5, 5.41) is 20.7. The van der Waals surface area contributed by atoms with Gasteiger partial charge in [0.15, 0.2) is 0 Å². The zero-order valence-electron chi connectivity index (χ0n) is 15.1. The Balaban J connectivity index is 2.02. The van der Waals surface area contributed by atoms with E-state index >= 15 is 0 Å². The SMILES string of the molecule is Cc1ccc(=O)n(CC(=O)Nc2ccc(C(=O)N(CCO)CCO)cc2)c1. The summed E-state index contributed by atoms with van der Waals surface area (Å²) in [6, 6.07) is 9.37. The fourth-order valence-corrected chi connectivity index (χ4v) is 2.56. The minimum absolute atomic E-state index is 0.109. The van der Waals surface area contributed by atoms with Crippen molar-refractivity contribution >= 4 is 17.5 Å². The second-order valence-corrected chi connectivity index (χ2v) is 6.04. The van der Waals surface area contributed by atoms with E-state index in [1.165, 1.54) is 15.5 Å². The summed E-state index contributed by atoms with van der Waals surface area (Å²) in [6.07, 6.45) is 1.61. The first kappa shape index (κ1) is 20.3. The lowest BCUT2D eigenvalue weighted by molar-refractivity contribution is -0.116. The van der Waals surface area contributed by atoms with Gasteiger partial charge in [0.1, 0.15) is 6.54 Å². The predicted octanol–water partition coefficient (Wildman–Crippen LogP) is 0.222. The smallest absolute Gasteiger partial charge is 0.254 e. The average Bonchev–Trinajstić information content (AvgIpc) is 2.64. The summed E-state index contributed by atoms with van der Waals surface area (Å²) in [5.41, 5.74) is 1.49. The molecule has 144 valence electrons. The largest absolute Gasteiger partial charge is 0.395 e. The van der Waals surface area contributed by atoms with Crippen LogP contribution in [0, 0.1) is 6.92 Å². The first-order valence-electron chi connectivity index (χ1n) is 8.52. The van der Waals surface area contributed by atoms with Crippen molar-refractivity contribution in [3.05, 3.63) is 64.1 Å². The van der Waals surface area contributed by atoms with Crippen LogP contribution >= 0.6 is 0 Å². The number of nitrogens with zero attached hydrogens (tertiary/aromatic N) is 2. The van der Waals surface area contributed by atoms with Crippen molar-refractivity contribution in [3.63, 3.8) is 0 Å². The van der Waals surface area contributed by atoms with Crippen molar-refractivity contribution in [1.82, 2.24) is 9.47 Å². The molecule has 0 aliphatic carbocycles. The number of aliphatic hydroxyl groups excluding tert-OH is 2. The van der Waals surface area contributed by atoms with Crippen molar-refractivity contribution in [2.24, 2.45) is 0 Å². The molecule has 1 aromatic carbocycles. The molecule has 0 unspecified atom stereocenters. The Morgan fingerprint density at radius 3 is 2.26 bits per heavy atom. The number of benzene rings is 1. The van der Waals surface area contributed by atoms with Gasteiger partial charge < -0.3 is 25.0 Å². The van der Waals surface area contributed by atoms with Crippen LogP contribution in [0.1, 0.15) is 15.9 Å². The number of pyridine rings is 1. The van der Waals surface area contributed by atoms with Crippen LogP contribution in [0.2, 0.25) is 0 Å². The molecule has 0 atom stereocenters. The Kier molecular flexibility index (Phi) is 7.27. The molecular formula is C19H23N3O5. The van der Waals surface area contributed by atoms with Crippen LogP contribution in [-0.2, 0) is 11.3 Å². The number of nitrogens with one attached hydrogen (secondary N) is 1. The molecule has 27 heavy (non-hydrogen) atoms. The van der Waals surface area contributed by atoms with Crippen LogP contribution in [-0.4, -0.2) is 57.8 Å². The van der Waals surface area contributed by atoms with E-state index in [2.05, 4.69) is 5.32 Å². The van der Waals surface area contributed by atoms with E-state index in [1.54, 1.807) is 36.5 Å². The van der Waals surface area contributed by atoms with Gasteiger partial charge in [-0.2, -0.15) is 0 Å². The van der Waals surface area contributed by atoms with Gasteiger partial charge in [0.25, 0.3) is 11.5 Å². The van der Waals surface area contributed by atoms with E-state index in [0.717, 1.165) is 5.56 Å². The number of hydrogen-bond donors (Lipinski definition) is 3. The highest BCUT2D eigenvalue weighted by molar-refractivity contribution is 5.95. The maximum Gasteiger partial charge on any atom is 0.254 e. The van der Waals surface area contributed by atoms with Crippen LogP contribution in [0.25, 0.3) is 0 Å². The lowest BCUT2D eigenvalue weighted by Gasteiger charge is -2.20. The summed E-state index contributed by atoms with van der Waals surface area (Å²) < 4.78 is 1.32. The first-order valence-corrected chi connectivity index (χ1v) is 8.52. The number of carbonyl (C=O) groups excluding carboxylic acids is 2. The van der Waals surface area contributed by atoms with Gasteiger partial charge in [-0.25, -0.2) is 0 Å². The maximum atomic E-state index is 12.3. The highest BCUT2D eigenvalue weighted by Crippen LogP contribution is 2.12. The third kappa shape index (κ3) is 5.77. The summed E-state index contributed by atoms with van der Waals surface area (Å²) in [6.45, 7) is 1.59. The lowest BCUT2D eigenvalue weighted by atomic mass is 10.1. The van der Waals surface area contributed by atoms with Gasteiger partial charge in [-0.1, -0.05) is 6.07 Å². The molecule has 8 heteroatoms. The van der Waals surface area contributed by atoms with Crippen molar-refractivity contribution in [1.29, 1.82) is 0 Å². The number of carbonyl (C=O) groups is 2. The van der Waals surface area contributed by atoms with Crippen LogP contribution < -0.4 is 10.9 Å². The Morgan fingerprint density at radius 2 is 1.67 bits per heavy atom. The number of amides is 2. The summed E-state index contributed by atoms with van der Waals surface area (Å²) >= 11 is 0. The Morgan fingerprint density at radius 1 is 1.04 bits per heavy atom. The molecule has 8 nitrogen and oxygen atoms in total. The van der Waals surface area contributed by atoms with Gasteiger partial charge in [-0.05, 0) is 36.8 Å². The minimum atomic E-state index is -0.357. The fourth-order valence-electron chi connectivity index (χ4n) is 2.56. The van der Waals surface area contributed by atoms with Crippen molar-refractivity contribution in [2.75, 3.05) is 31.6 Å². The third-order valence-corrected chi connectivity index (χ3v) is 3.89. The van der Waals surface area contributed by atoms with Crippen LogP contribution in [0.4, 0.5) is 5.69 Å². The highest BCUT2D eigenvalue weighted by Gasteiger charge is 2.15. The van der Waals surface area contributed by atoms with E-state index < -0.39 is 0 Å². The summed E-state index contributed by atoms with van der Waals surface area (Å²) in [4.78, 5) is 37.6. The zero-order valence-corrected chi connectivity index (χ0v) is 15.1. The standard InChI is InChI=1S/C19H23N3O5/c1-14-2-7-18(26)22(12-14)13-17(25)20-16-5-3-15(4-6-16)19(27)21(8-10-23)9-11-24/h2-7,12,23-24H,8-11,13H2,1H3,(H,20,25). The molecule has 0 fully saturated rings. The number of aryl methyl sites for hydroxylation is 1. The Hall–Kier alpha value is -2.97. The van der Waals surface area contributed by atoms with Gasteiger partial charge in [0, 0.05) is 36.6 Å².